The molecule has 0 aromatic heterocycles. The first kappa shape index (κ1) is 19.4. The van der Waals surface area contributed by atoms with Crippen molar-refractivity contribution in [2.45, 2.75) is 25.9 Å². The van der Waals surface area contributed by atoms with Crippen LogP contribution in [0.1, 0.15) is 24.1 Å². The Bertz CT molecular complexity index is 741. The molecule has 0 radical (unpaired) electrons. The lowest BCUT2D eigenvalue weighted by Gasteiger charge is -2.36. The van der Waals surface area contributed by atoms with Crippen molar-refractivity contribution in [3.8, 4) is 0 Å². The Morgan fingerprint density at radius 2 is 1.70 bits per heavy atom. The fraction of sp³-hybridized carbons (Fsp3) is 0.409. The van der Waals surface area contributed by atoms with Crippen molar-refractivity contribution in [2.24, 2.45) is 0 Å². The largest absolute Gasteiger partial charge is 0.329 e. The van der Waals surface area contributed by atoms with E-state index in [0.29, 0.717) is 0 Å². The van der Waals surface area contributed by atoms with Gasteiger partial charge in [-0.25, -0.2) is 4.79 Å². The summed E-state index contributed by atoms with van der Waals surface area (Å²) in [4.78, 5) is 15.7. The van der Waals surface area contributed by atoms with E-state index in [1.807, 2.05) is 37.3 Å². The monoisotopic (exact) mass is 368 g/mol. The molecule has 2 aromatic rings. The second-order valence-electron chi connectivity index (χ2n) is 7.76. The van der Waals surface area contributed by atoms with Gasteiger partial charge in [-0.15, -0.1) is 0 Å². The summed E-state index contributed by atoms with van der Waals surface area (Å²) in [7, 11) is 2.26. The molecule has 0 spiro atoms. The van der Waals surface area contributed by atoms with Crippen molar-refractivity contribution < 1.29 is 14.6 Å². The van der Waals surface area contributed by atoms with Crippen molar-refractivity contribution in [3.05, 3.63) is 65.7 Å². The number of amides is 2. The lowest BCUT2D eigenvalue weighted by atomic mass is 9.98. The molecule has 0 unspecified atom stereocenters. The first-order valence-electron chi connectivity index (χ1n) is 9.88. The molecular weight excluding hydrogens is 336 g/mol. The van der Waals surface area contributed by atoms with Crippen molar-refractivity contribution in [1.82, 2.24) is 5.32 Å². The minimum absolute atomic E-state index is 0.0330. The Morgan fingerprint density at radius 3 is 2.37 bits per heavy atom. The molecule has 2 aromatic carbocycles. The Balaban J connectivity index is 1.70. The third-order valence-corrected chi connectivity index (χ3v) is 5.48. The molecule has 1 fully saturated rings. The number of nitrogens with one attached hydrogen (secondary N) is 4. The van der Waals surface area contributed by atoms with Crippen LogP contribution in [0.2, 0.25) is 0 Å². The van der Waals surface area contributed by atoms with E-state index in [9.17, 15) is 4.79 Å². The van der Waals surface area contributed by atoms with Crippen molar-refractivity contribution in [2.75, 3.05) is 38.5 Å². The molecule has 2 amide bonds. The fourth-order valence-electron chi connectivity index (χ4n) is 4.03. The van der Waals surface area contributed by atoms with Crippen molar-refractivity contribution >= 4 is 11.7 Å². The Kier molecular flexibility index (Phi) is 6.48. The van der Waals surface area contributed by atoms with E-state index in [4.69, 9.17) is 0 Å². The predicted octanol–water partition coefficient (Wildman–Crippen LogP) is 0.660. The predicted molar refractivity (Wildman–Crippen MR) is 109 cm³/mol. The van der Waals surface area contributed by atoms with E-state index in [1.54, 1.807) is 9.80 Å². The minimum Gasteiger partial charge on any atom is -0.329 e. The van der Waals surface area contributed by atoms with Gasteiger partial charge in [0.2, 0.25) is 0 Å². The standard InChI is InChI=1S/C22H30N4O/c1-17-8-7-11-20(16-17)24-22(27)23-18(2)21(19-9-5-4-6-10-19)26-14-12-25(3)13-15-26/h4-11,16,18,21H,12-15H2,1-3H3,(H2,23,24,27)/p+2/t18-,21+/m0/s1. The number of quaternary nitrogens is 2. The van der Waals surface area contributed by atoms with E-state index >= 15 is 0 Å². The van der Waals surface area contributed by atoms with Gasteiger partial charge in [0.05, 0.1) is 13.1 Å². The van der Waals surface area contributed by atoms with Gasteiger partial charge < -0.3 is 20.4 Å². The van der Waals surface area contributed by atoms with Crippen LogP contribution in [-0.4, -0.2) is 45.3 Å². The SMILES string of the molecule is Cc1cccc(NC(=O)N[C@@H](C)[C@H](c2ccccc2)[NH+]2CC[NH+](C)CC2)c1. The minimum atomic E-state index is -0.145. The van der Waals surface area contributed by atoms with E-state index in [-0.39, 0.29) is 18.1 Å². The van der Waals surface area contributed by atoms with Crippen LogP contribution in [0.15, 0.2) is 54.6 Å². The summed E-state index contributed by atoms with van der Waals surface area (Å²) < 4.78 is 0. The molecule has 3 rings (SSSR count). The third kappa shape index (κ3) is 5.31. The quantitative estimate of drug-likeness (QED) is 0.616. The number of benzene rings is 2. The van der Waals surface area contributed by atoms with Crippen LogP contribution in [0.25, 0.3) is 0 Å². The molecular formula is C22H32N4O+2. The summed E-state index contributed by atoms with van der Waals surface area (Å²) >= 11 is 0. The van der Waals surface area contributed by atoms with Gasteiger partial charge in [0.25, 0.3) is 0 Å². The van der Waals surface area contributed by atoms with Gasteiger partial charge >= 0.3 is 6.03 Å². The van der Waals surface area contributed by atoms with Gasteiger partial charge in [-0.1, -0.05) is 42.5 Å². The normalized spacial score (nSPS) is 21.9. The molecule has 0 bridgehead atoms. The number of carbonyl (C=O) groups excluding carboxylic acids is 1. The van der Waals surface area contributed by atoms with Gasteiger partial charge in [0.15, 0.2) is 0 Å². The molecule has 1 aliphatic rings. The smallest absolute Gasteiger partial charge is 0.319 e. The highest BCUT2D eigenvalue weighted by molar-refractivity contribution is 5.89. The highest BCUT2D eigenvalue weighted by atomic mass is 16.2. The third-order valence-electron chi connectivity index (χ3n) is 5.48. The van der Waals surface area contributed by atoms with E-state index in [1.165, 1.54) is 18.7 Å². The molecule has 0 aliphatic carbocycles. The van der Waals surface area contributed by atoms with Gasteiger partial charge in [0, 0.05) is 11.3 Å². The number of anilines is 1. The first-order chi connectivity index (χ1) is 13.0. The van der Waals surface area contributed by atoms with Gasteiger partial charge in [-0.2, -0.15) is 0 Å². The summed E-state index contributed by atoms with van der Waals surface area (Å²) in [5.74, 6) is 0. The summed E-state index contributed by atoms with van der Waals surface area (Å²) in [5, 5.41) is 6.14. The number of piperazine rings is 1. The molecule has 27 heavy (non-hydrogen) atoms. The number of urea groups is 1. The van der Waals surface area contributed by atoms with Crippen LogP contribution in [-0.2, 0) is 0 Å². The van der Waals surface area contributed by atoms with Crippen LogP contribution in [0, 0.1) is 6.92 Å². The summed E-state index contributed by atoms with van der Waals surface area (Å²) in [6.45, 7) is 8.72. The van der Waals surface area contributed by atoms with E-state index in [2.05, 4.69) is 48.9 Å². The number of rotatable bonds is 5. The summed E-state index contributed by atoms with van der Waals surface area (Å²) in [6.07, 6.45) is 0. The zero-order valence-electron chi connectivity index (χ0n) is 16.6. The fourth-order valence-corrected chi connectivity index (χ4v) is 4.03. The average Bonchev–Trinajstić information content (AvgIpc) is 2.64. The molecule has 2 atom stereocenters. The zero-order chi connectivity index (χ0) is 19.2. The molecule has 1 aliphatic heterocycles. The highest BCUT2D eigenvalue weighted by Gasteiger charge is 2.34. The van der Waals surface area contributed by atoms with Crippen LogP contribution in [0.4, 0.5) is 10.5 Å². The molecule has 4 N–H and O–H groups in total. The van der Waals surface area contributed by atoms with Gasteiger partial charge in [-0.3, -0.25) is 0 Å². The average molecular weight is 369 g/mol. The Hall–Kier alpha value is -2.37. The number of hydrogen-bond donors (Lipinski definition) is 4. The van der Waals surface area contributed by atoms with Crippen LogP contribution < -0.4 is 20.4 Å². The first-order valence-corrected chi connectivity index (χ1v) is 9.88. The van der Waals surface area contributed by atoms with E-state index < -0.39 is 0 Å². The van der Waals surface area contributed by atoms with Gasteiger partial charge in [0.1, 0.15) is 32.2 Å². The maximum atomic E-state index is 12.6. The summed E-state index contributed by atoms with van der Waals surface area (Å²) in [6, 6.07) is 18.6. The lowest BCUT2D eigenvalue weighted by Crippen LogP contribution is -3.27. The second kappa shape index (κ2) is 9.02. The molecule has 1 heterocycles. The topological polar surface area (TPSA) is 50.0 Å². The Labute approximate surface area is 162 Å². The molecule has 0 saturated carbocycles. The van der Waals surface area contributed by atoms with Crippen LogP contribution in [0.5, 0.6) is 0 Å². The van der Waals surface area contributed by atoms with Crippen molar-refractivity contribution in [1.29, 1.82) is 0 Å². The summed E-state index contributed by atoms with van der Waals surface area (Å²) in [5.41, 5.74) is 3.24. The zero-order valence-corrected chi connectivity index (χ0v) is 16.6. The molecule has 5 heteroatoms. The Morgan fingerprint density at radius 1 is 1.00 bits per heavy atom. The second-order valence-corrected chi connectivity index (χ2v) is 7.76. The highest BCUT2D eigenvalue weighted by Crippen LogP contribution is 2.15. The van der Waals surface area contributed by atoms with E-state index in [0.717, 1.165) is 24.3 Å². The number of carbonyl (C=O) groups is 1. The number of hydrogen-bond acceptors (Lipinski definition) is 1. The van der Waals surface area contributed by atoms with Crippen molar-refractivity contribution in [3.63, 3.8) is 0 Å². The van der Waals surface area contributed by atoms with Crippen LogP contribution >= 0.6 is 0 Å². The number of likely N-dealkylation sites (N-methyl/N-ethyl adjacent to an activating group) is 1. The molecule has 1 saturated heterocycles. The molecule has 5 nitrogen and oxygen atoms in total. The number of aryl methyl sites for hydroxylation is 1. The van der Waals surface area contributed by atoms with Crippen LogP contribution in [0.3, 0.4) is 0 Å². The molecule has 144 valence electrons. The van der Waals surface area contributed by atoms with Gasteiger partial charge in [-0.05, 0) is 31.5 Å². The maximum Gasteiger partial charge on any atom is 0.319 e. The lowest BCUT2D eigenvalue weighted by molar-refractivity contribution is -1.02. The maximum absolute atomic E-state index is 12.6.